The molecule has 0 bridgehead atoms. The molecule has 1 saturated heterocycles. The number of anilines is 1. The molecule has 1 aliphatic carbocycles. The number of carbonyl (C=O) groups is 2. The number of nitrogens with one attached hydrogen (secondary N) is 2. The number of benzene rings is 1. The highest BCUT2D eigenvalue weighted by atomic mass is 16.6. The van der Waals surface area contributed by atoms with Gasteiger partial charge in [0.15, 0.2) is 0 Å². The van der Waals surface area contributed by atoms with Gasteiger partial charge in [-0.1, -0.05) is 6.07 Å². The van der Waals surface area contributed by atoms with Gasteiger partial charge >= 0.3 is 0 Å². The summed E-state index contributed by atoms with van der Waals surface area (Å²) in [6.07, 6.45) is 3.67. The van der Waals surface area contributed by atoms with Crippen molar-refractivity contribution in [1.82, 2.24) is 10.2 Å². The fourth-order valence-electron chi connectivity index (χ4n) is 3.25. The van der Waals surface area contributed by atoms with E-state index in [4.69, 9.17) is 0 Å². The van der Waals surface area contributed by atoms with Crippen molar-refractivity contribution < 1.29 is 14.5 Å². The monoisotopic (exact) mass is 360 g/mol. The van der Waals surface area contributed by atoms with Crippen LogP contribution in [0.25, 0.3) is 0 Å². The molecular formula is C18H24N4O4. The van der Waals surface area contributed by atoms with Crippen LogP contribution < -0.4 is 10.6 Å². The van der Waals surface area contributed by atoms with E-state index in [1.54, 1.807) is 19.1 Å². The molecule has 26 heavy (non-hydrogen) atoms. The van der Waals surface area contributed by atoms with E-state index in [0.717, 1.165) is 25.7 Å². The van der Waals surface area contributed by atoms with Crippen LogP contribution in [-0.4, -0.2) is 47.3 Å². The summed E-state index contributed by atoms with van der Waals surface area (Å²) in [5.74, 6) is -0.0211. The van der Waals surface area contributed by atoms with Crippen LogP contribution in [0.3, 0.4) is 0 Å². The van der Waals surface area contributed by atoms with Gasteiger partial charge in [0, 0.05) is 18.0 Å². The first-order valence-electron chi connectivity index (χ1n) is 9.00. The molecule has 0 spiro atoms. The van der Waals surface area contributed by atoms with Gasteiger partial charge in [0.05, 0.1) is 22.7 Å². The van der Waals surface area contributed by atoms with Gasteiger partial charge in [-0.3, -0.25) is 24.6 Å². The maximum Gasteiger partial charge on any atom is 0.274 e. The SMILES string of the molecule is Cc1c(NC(=O)CN2CCC(C(=O)NC3CC3)CC2)cccc1[N+](=O)[O-]. The first-order valence-corrected chi connectivity index (χ1v) is 9.00. The smallest absolute Gasteiger partial charge is 0.274 e. The van der Waals surface area contributed by atoms with Crippen molar-refractivity contribution >= 4 is 23.2 Å². The third-order valence-corrected chi connectivity index (χ3v) is 5.03. The van der Waals surface area contributed by atoms with Crippen LogP contribution in [0, 0.1) is 23.0 Å². The van der Waals surface area contributed by atoms with E-state index in [9.17, 15) is 19.7 Å². The van der Waals surface area contributed by atoms with Crippen molar-refractivity contribution in [3.05, 3.63) is 33.9 Å². The number of nitrogens with zero attached hydrogens (tertiary/aromatic N) is 2. The van der Waals surface area contributed by atoms with Crippen LogP contribution in [0.15, 0.2) is 18.2 Å². The van der Waals surface area contributed by atoms with Crippen LogP contribution in [0.1, 0.15) is 31.2 Å². The Morgan fingerprint density at radius 3 is 2.54 bits per heavy atom. The molecule has 1 heterocycles. The molecule has 1 aliphatic heterocycles. The van der Waals surface area contributed by atoms with Gasteiger partial charge < -0.3 is 10.6 Å². The molecule has 0 aromatic heterocycles. The predicted molar refractivity (Wildman–Crippen MR) is 96.8 cm³/mol. The number of amides is 2. The van der Waals surface area contributed by atoms with E-state index >= 15 is 0 Å². The van der Waals surface area contributed by atoms with Crippen LogP contribution in [-0.2, 0) is 9.59 Å². The summed E-state index contributed by atoms with van der Waals surface area (Å²) in [5.41, 5.74) is 0.898. The number of rotatable bonds is 6. The Morgan fingerprint density at radius 1 is 1.23 bits per heavy atom. The van der Waals surface area contributed by atoms with Crippen molar-refractivity contribution in [2.75, 3.05) is 25.0 Å². The fourth-order valence-corrected chi connectivity index (χ4v) is 3.25. The second-order valence-corrected chi connectivity index (χ2v) is 7.09. The Kier molecular flexibility index (Phi) is 5.51. The molecule has 0 radical (unpaired) electrons. The van der Waals surface area contributed by atoms with Crippen molar-refractivity contribution in [2.45, 2.75) is 38.6 Å². The van der Waals surface area contributed by atoms with Crippen LogP contribution in [0.4, 0.5) is 11.4 Å². The average Bonchev–Trinajstić information content (AvgIpc) is 3.41. The van der Waals surface area contributed by atoms with E-state index < -0.39 is 4.92 Å². The lowest BCUT2D eigenvalue weighted by molar-refractivity contribution is -0.385. The summed E-state index contributed by atoms with van der Waals surface area (Å²) in [6.45, 7) is 3.24. The number of carbonyl (C=O) groups excluding carboxylic acids is 2. The summed E-state index contributed by atoms with van der Waals surface area (Å²) in [7, 11) is 0. The molecule has 2 aliphatic rings. The van der Waals surface area contributed by atoms with Crippen molar-refractivity contribution in [3.63, 3.8) is 0 Å². The lowest BCUT2D eigenvalue weighted by Crippen LogP contribution is -2.43. The summed E-state index contributed by atoms with van der Waals surface area (Å²) in [4.78, 5) is 36.9. The number of piperidine rings is 1. The Hall–Kier alpha value is -2.48. The third kappa shape index (κ3) is 4.57. The second kappa shape index (κ2) is 7.82. The zero-order valence-corrected chi connectivity index (χ0v) is 14.9. The number of hydrogen-bond acceptors (Lipinski definition) is 5. The van der Waals surface area contributed by atoms with E-state index in [1.165, 1.54) is 6.07 Å². The Balaban J connectivity index is 1.48. The van der Waals surface area contributed by atoms with E-state index in [2.05, 4.69) is 10.6 Å². The van der Waals surface area contributed by atoms with Gasteiger partial charge in [0.2, 0.25) is 11.8 Å². The molecular weight excluding hydrogens is 336 g/mol. The first-order chi connectivity index (χ1) is 12.4. The zero-order valence-electron chi connectivity index (χ0n) is 14.9. The van der Waals surface area contributed by atoms with Crippen molar-refractivity contribution in [2.24, 2.45) is 5.92 Å². The maximum atomic E-state index is 12.3. The van der Waals surface area contributed by atoms with Gasteiger partial charge in [-0.15, -0.1) is 0 Å². The molecule has 2 N–H and O–H groups in total. The second-order valence-electron chi connectivity index (χ2n) is 7.09. The van der Waals surface area contributed by atoms with Gasteiger partial charge in [0.25, 0.3) is 5.69 Å². The predicted octanol–water partition coefficient (Wildman–Crippen LogP) is 1.83. The summed E-state index contributed by atoms with van der Waals surface area (Å²) < 4.78 is 0. The molecule has 1 saturated carbocycles. The number of nitro benzene ring substituents is 1. The highest BCUT2D eigenvalue weighted by molar-refractivity contribution is 5.93. The molecule has 8 nitrogen and oxygen atoms in total. The van der Waals surface area contributed by atoms with Gasteiger partial charge in [-0.2, -0.15) is 0 Å². The van der Waals surface area contributed by atoms with Crippen LogP contribution in [0.5, 0.6) is 0 Å². The molecule has 1 aromatic carbocycles. The average molecular weight is 360 g/mol. The van der Waals surface area contributed by atoms with Crippen LogP contribution in [0.2, 0.25) is 0 Å². The lowest BCUT2D eigenvalue weighted by Gasteiger charge is -2.30. The Bertz CT molecular complexity index is 709. The quantitative estimate of drug-likeness (QED) is 0.595. The molecule has 0 atom stereocenters. The summed E-state index contributed by atoms with van der Waals surface area (Å²) in [5, 5.41) is 16.8. The standard InChI is InChI=1S/C18H24N4O4/c1-12-15(3-2-4-16(12)22(25)26)20-17(23)11-21-9-7-13(8-10-21)18(24)19-14-5-6-14/h2-4,13-14H,5-11H2,1H3,(H,19,24)(H,20,23). The highest BCUT2D eigenvalue weighted by Crippen LogP contribution is 2.25. The minimum atomic E-state index is -0.456. The lowest BCUT2D eigenvalue weighted by atomic mass is 9.96. The minimum Gasteiger partial charge on any atom is -0.353 e. The van der Waals surface area contributed by atoms with E-state index in [0.29, 0.717) is 30.4 Å². The van der Waals surface area contributed by atoms with E-state index in [1.807, 2.05) is 4.90 Å². The van der Waals surface area contributed by atoms with Gasteiger partial charge in [0.1, 0.15) is 0 Å². The number of hydrogen-bond donors (Lipinski definition) is 2. The van der Waals surface area contributed by atoms with Gasteiger partial charge in [-0.25, -0.2) is 0 Å². The Labute approximate surface area is 152 Å². The van der Waals surface area contributed by atoms with Gasteiger partial charge in [-0.05, 0) is 51.8 Å². The highest BCUT2D eigenvalue weighted by Gasteiger charge is 2.30. The van der Waals surface area contributed by atoms with Crippen molar-refractivity contribution in [3.8, 4) is 0 Å². The molecule has 2 amide bonds. The normalized spacial score (nSPS) is 18.3. The number of likely N-dealkylation sites (tertiary alicyclic amines) is 1. The summed E-state index contributed by atoms with van der Waals surface area (Å²) in [6, 6.07) is 5.02. The molecule has 140 valence electrons. The third-order valence-electron chi connectivity index (χ3n) is 5.03. The molecule has 0 unspecified atom stereocenters. The van der Waals surface area contributed by atoms with Crippen LogP contribution >= 0.6 is 0 Å². The summed E-state index contributed by atoms with van der Waals surface area (Å²) >= 11 is 0. The number of nitro groups is 1. The van der Waals surface area contributed by atoms with Crippen molar-refractivity contribution in [1.29, 1.82) is 0 Å². The van der Waals surface area contributed by atoms with E-state index in [-0.39, 0.29) is 30.0 Å². The fraction of sp³-hybridized carbons (Fsp3) is 0.556. The maximum absolute atomic E-state index is 12.3. The molecule has 3 rings (SSSR count). The largest absolute Gasteiger partial charge is 0.353 e. The Morgan fingerprint density at radius 2 is 1.92 bits per heavy atom. The zero-order chi connectivity index (χ0) is 18.7. The molecule has 8 heteroatoms. The topological polar surface area (TPSA) is 105 Å². The molecule has 2 fully saturated rings. The first kappa shape index (κ1) is 18.3. The minimum absolute atomic E-state index is 0.00899. The molecule has 1 aromatic rings.